The predicted molar refractivity (Wildman–Crippen MR) is 59.2 cm³/mol. The molecule has 1 aliphatic rings. The highest BCUT2D eigenvalue weighted by atomic mass is 32.1. The number of thiophene rings is 1. The van der Waals surface area contributed by atoms with E-state index in [9.17, 15) is 13.2 Å². The smallest absolute Gasteiger partial charge is 0.475 e. The number of carboxylic acid groups (broad SMARTS) is 1. The van der Waals surface area contributed by atoms with Crippen molar-refractivity contribution in [1.29, 1.82) is 5.26 Å². The Kier molecular flexibility index (Phi) is 5.29. The molecule has 0 aliphatic carbocycles. The molecule has 5 nitrogen and oxygen atoms in total. The predicted octanol–water partition coefficient (Wildman–Crippen LogP) is 2.22. The van der Waals surface area contributed by atoms with Gasteiger partial charge in [-0.2, -0.15) is 23.9 Å². The van der Waals surface area contributed by atoms with Gasteiger partial charge >= 0.3 is 12.1 Å². The number of nitriles is 1. The van der Waals surface area contributed by atoms with Crippen LogP contribution in [0.2, 0.25) is 0 Å². The van der Waals surface area contributed by atoms with E-state index in [0.717, 1.165) is 23.5 Å². The zero-order chi connectivity index (χ0) is 14.5. The molecule has 0 spiro atoms. The van der Waals surface area contributed by atoms with E-state index in [-0.39, 0.29) is 6.04 Å². The quantitative estimate of drug-likeness (QED) is 0.830. The van der Waals surface area contributed by atoms with Crippen molar-refractivity contribution >= 4 is 17.3 Å². The van der Waals surface area contributed by atoms with Crippen molar-refractivity contribution in [1.82, 2.24) is 5.48 Å². The Bertz CT molecular complexity index is 475. The van der Waals surface area contributed by atoms with Gasteiger partial charge in [0.1, 0.15) is 10.9 Å². The summed E-state index contributed by atoms with van der Waals surface area (Å²) in [4.78, 5) is 14.7. The Morgan fingerprint density at radius 2 is 2.26 bits per heavy atom. The van der Waals surface area contributed by atoms with Crippen molar-refractivity contribution in [2.75, 3.05) is 6.61 Å². The summed E-state index contributed by atoms with van der Waals surface area (Å²) >= 11 is 1.48. The number of hydroxylamine groups is 1. The molecule has 1 aromatic rings. The van der Waals surface area contributed by atoms with Crippen LogP contribution in [0.3, 0.4) is 0 Å². The summed E-state index contributed by atoms with van der Waals surface area (Å²) in [5, 5.41) is 17.7. The van der Waals surface area contributed by atoms with Gasteiger partial charge in [-0.05, 0) is 23.4 Å². The van der Waals surface area contributed by atoms with Crippen LogP contribution in [0.25, 0.3) is 0 Å². The average molecular weight is 294 g/mol. The molecule has 0 radical (unpaired) electrons. The van der Waals surface area contributed by atoms with Crippen LogP contribution in [0.1, 0.15) is 22.9 Å². The average Bonchev–Trinajstić information content (AvgIpc) is 2.99. The van der Waals surface area contributed by atoms with Crippen LogP contribution < -0.4 is 5.48 Å². The molecule has 1 aliphatic heterocycles. The lowest BCUT2D eigenvalue weighted by atomic mass is 10.1. The maximum atomic E-state index is 10.6. The summed E-state index contributed by atoms with van der Waals surface area (Å²) in [6, 6.07) is 4.32. The third-order valence-electron chi connectivity index (χ3n) is 2.11. The van der Waals surface area contributed by atoms with Crippen molar-refractivity contribution in [2.45, 2.75) is 18.6 Å². The molecule has 0 amide bonds. The fraction of sp³-hybridized carbons (Fsp3) is 0.400. The number of aliphatic carboxylic acids is 1. The van der Waals surface area contributed by atoms with Gasteiger partial charge in [-0.25, -0.2) is 4.79 Å². The lowest BCUT2D eigenvalue weighted by Gasteiger charge is -2.03. The van der Waals surface area contributed by atoms with Gasteiger partial charge in [-0.15, -0.1) is 11.3 Å². The number of carboxylic acids is 1. The lowest BCUT2D eigenvalue weighted by Crippen LogP contribution is -2.21. The normalized spacial score (nSPS) is 18.3. The van der Waals surface area contributed by atoms with Crippen molar-refractivity contribution < 1.29 is 27.9 Å². The Hall–Kier alpha value is -1.63. The molecule has 1 saturated heterocycles. The maximum Gasteiger partial charge on any atom is 0.490 e. The minimum absolute atomic E-state index is 0.281. The number of alkyl halides is 3. The van der Waals surface area contributed by atoms with Crippen LogP contribution in [0.15, 0.2) is 11.4 Å². The molecule has 19 heavy (non-hydrogen) atoms. The molecular formula is C10H9F3N2O3S. The van der Waals surface area contributed by atoms with Crippen LogP contribution >= 0.6 is 11.3 Å². The van der Waals surface area contributed by atoms with E-state index in [4.69, 9.17) is 20.0 Å². The lowest BCUT2D eigenvalue weighted by molar-refractivity contribution is -0.192. The molecule has 2 heterocycles. The van der Waals surface area contributed by atoms with Crippen LogP contribution in [-0.2, 0) is 9.63 Å². The monoisotopic (exact) mass is 294 g/mol. The van der Waals surface area contributed by atoms with Gasteiger partial charge in [0.25, 0.3) is 0 Å². The summed E-state index contributed by atoms with van der Waals surface area (Å²) < 4.78 is 31.7. The third-order valence-corrected chi connectivity index (χ3v) is 2.96. The molecule has 0 saturated carbocycles. The molecule has 104 valence electrons. The summed E-state index contributed by atoms with van der Waals surface area (Å²) in [5.41, 5.74) is 4.07. The number of carbonyl (C=O) groups is 1. The molecule has 0 aromatic carbocycles. The number of hydrogen-bond acceptors (Lipinski definition) is 5. The minimum Gasteiger partial charge on any atom is -0.475 e. The fourth-order valence-electron chi connectivity index (χ4n) is 1.22. The third kappa shape index (κ3) is 4.86. The minimum atomic E-state index is -5.08. The van der Waals surface area contributed by atoms with E-state index < -0.39 is 12.1 Å². The van der Waals surface area contributed by atoms with E-state index in [2.05, 4.69) is 11.5 Å². The second-order valence-electron chi connectivity index (χ2n) is 3.47. The maximum absolute atomic E-state index is 10.6. The first-order chi connectivity index (χ1) is 8.84. The molecule has 2 rings (SSSR count). The van der Waals surface area contributed by atoms with Gasteiger partial charge in [0.05, 0.1) is 12.6 Å². The van der Waals surface area contributed by atoms with Gasteiger partial charge in [0.2, 0.25) is 0 Å². The number of nitrogens with one attached hydrogen (secondary N) is 1. The van der Waals surface area contributed by atoms with Crippen LogP contribution in [0, 0.1) is 11.3 Å². The highest BCUT2D eigenvalue weighted by Crippen LogP contribution is 2.25. The van der Waals surface area contributed by atoms with Crippen LogP contribution in [0.5, 0.6) is 0 Å². The van der Waals surface area contributed by atoms with Gasteiger partial charge in [0, 0.05) is 0 Å². The van der Waals surface area contributed by atoms with E-state index >= 15 is 0 Å². The van der Waals surface area contributed by atoms with Gasteiger partial charge in [0.15, 0.2) is 0 Å². The van der Waals surface area contributed by atoms with Crippen molar-refractivity contribution in [2.24, 2.45) is 0 Å². The van der Waals surface area contributed by atoms with E-state index in [0.29, 0.717) is 0 Å². The zero-order valence-corrected chi connectivity index (χ0v) is 10.2. The van der Waals surface area contributed by atoms with Gasteiger partial charge in [-0.1, -0.05) is 0 Å². The SMILES string of the molecule is N#Cc1cc([C@@H]2CCON2)cs1.O=C(O)C(F)(F)F. The Morgan fingerprint density at radius 3 is 2.63 bits per heavy atom. The molecule has 0 bridgehead atoms. The molecule has 1 aromatic heterocycles. The molecule has 2 N–H and O–H groups in total. The summed E-state index contributed by atoms with van der Waals surface area (Å²) in [7, 11) is 0. The summed E-state index contributed by atoms with van der Waals surface area (Å²) in [6.07, 6.45) is -4.10. The standard InChI is InChI=1S/C8H8N2OS.C2HF3O2/c9-4-7-3-6(5-12-7)8-1-2-11-10-8;3-2(4,5)1(6)7/h3,5,8,10H,1-2H2;(H,6,7)/t8-;/m0./s1. The number of hydrogen-bond donors (Lipinski definition) is 2. The van der Waals surface area contributed by atoms with Crippen molar-refractivity contribution in [3.63, 3.8) is 0 Å². The first-order valence-electron chi connectivity index (χ1n) is 5.00. The molecule has 1 atom stereocenters. The zero-order valence-electron chi connectivity index (χ0n) is 9.40. The topological polar surface area (TPSA) is 82.3 Å². The van der Waals surface area contributed by atoms with Crippen LogP contribution in [0.4, 0.5) is 13.2 Å². The number of halogens is 3. The summed E-state index contributed by atoms with van der Waals surface area (Å²) in [5.74, 6) is -2.76. The fourth-order valence-corrected chi connectivity index (χ4v) is 1.97. The van der Waals surface area contributed by atoms with E-state index in [1.165, 1.54) is 11.3 Å². The van der Waals surface area contributed by atoms with Crippen molar-refractivity contribution in [3.05, 3.63) is 21.9 Å². The molecule has 1 fully saturated rings. The Morgan fingerprint density at radius 1 is 1.63 bits per heavy atom. The van der Waals surface area contributed by atoms with Crippen molar-refractivity contribution in [3.8, 4) is 6.07 Å². The highest BCUT2D eigenvalue weighted by molar-refractivity contribution is 7.10. The number of nitrogens with zero attached hydrogens (tertiary/aromatic N) is 1. The second-order valence-corrected chi connectivity index (χ2v) is 4.38. The first kappa shape index (κ1) is 15.4. The summed E-state index contributed by atoms with van der Waals surface area (Å²) in [6.45, 7) is 0.752. The van der Waals surface area contributed by atoms with Gasteiger partial charge < -0.3 is 9.94 Å². The first-order valence-corrected chi connectivity index (χ1v) is 5.88. The highest BCUT2D eigenvalue weighted by Gasteiger charge is 2.38. The van der Waals surface area contributed by atoms with E-state index in [1.807, 2.05) is 11.4 Å². The van der Waals surface area contributed by atoms with Gasteiger partial charge in [-0.3, -0.25) is 0 Å². The Labute approximate surface area is 110 Å². The van der Waals surface area contributed by atoms with Crippen LogP contribution in [-0.4, -0.2) is 23.9 Å². The van der Waals surface area contributed by atoms with E-state index in [1.54, 1.807) is 0 Å². The molecular weight excluding hydrogens is 285 g/mol. The largest absolute Gasteiger partial charge is 0.490 e. The second kappa shape index (κ2) is 6.51. The number of rotatable bonds is 1. The molecule has 0 unspecified atom stereocenters. The Balaban J connectivity index is 0.000000224. The molecule has 9 heteroatoms.